The number of fused-ring (bicyclic) bond motifs is 1. The summed E-state index contributed by atoms with van der Waals surface area (Å²) in [5.41, 5.74) is 2.95. The molecule has 0 heterocycles. The molecule has 0 fully saturated rings. The standard InChI is InChI=1S/C12H14O2S/c1-14-12(13)7-8-15-11-4-2-3-9-5-6-10(9)11/h2-4H,5-8H2,1H3. The Kier molecular flexibility index (Phi) is 3.31. The van der Waals surface area contributed by atoms with Crippen LogP contribution < -0.4 is 0 Å². The molecule has 0 unspecified atom stereocenters. The average molecular weight is 222 g/mol. The Hall–Kier alpha value is -0.960. The first-order valence-electron chi connectivity index (χ1n) is 5.11. The van der Waals surface area contributed by atoms with Gasteiger partial charge in [0, 0.05) is 10.6 Å². The van der Waals surface area contributed by atoms with Gasteiger partial charge in [-0.2, -0.15) is 0 Å². The van der Waals surface area contributed by atoms with E-state index in [9.17, 15) is 4.79 Å². The van der Waals surface area contributed by atoms with E-state index >= 15 is 0 Å². The molecule has 0 amide bonds. The molecule has 0 aromatic heterocycles. The molecule has 2 rings (SSSR count). The van der Waals surface area contributed by atoms with Crippen LogP contribution in [0.1, 0.15) is 17.5 Å². The highest BCUT2D eigenvalue weighted by atomic mass is 32.2. The molecule has 0 saturated heterocycles. The van der Waals surface area contributed by atoms with Crippen molar-refractivity contribution < 1.29 is 9.53 Å². The number of carbonyl (C=O) groups is 1. The maximum absolute atomic E-state index is 10.9. The van der Waals surface area contributed by atoms with Crippen molar-refractivity contribution in [2.24, 2.45) is 0 Å². The monoisotopic (exact) mass is 222 g/mol. The maximum Gasteiger partial charge on any atom is 0.306 e. The van der Waals surface area contributed by atoms with Crippen molar-refractivity contribution in [3.63, 3.8) is 0 Å². The van der Waals surface area contributed by atoms with E-state index in [1.165, 1.54) is 36.0 Å². The predicted octanol–water partition coefficient (Wildman–Crippen LogP) is 2.44. The van der Waals surface area contributed by atoms with Crippen molar-refractivity contribution in [3.05, 3.63) is 29.3 Å². The van der Waals surface area contributed by atoms with Crippen molar-refractivity contribution in [1.29, 1.82) is 0 Å². The van der Waals surface area contributed by atoms with Crippen LogP contribution in [-0.4, -0.2) is 18.8 Å². The fourth-order valence-electron chi connectivity index (χ4n) is 1.69. The quantitative estimate of drug-likeness (QED) is 0.578. The number of thioether (sulfide) groups is 1. The molecule has 0 saturated carbocycles. The Morgan fingerprint density at radius 3 is 3.00 bits per heavy atom. The number of hydrogen-bond acceptors (Lipinski definition) is 3. The third kappa shape index (κ3) is 2.34. The maximum atomic E-state index is 10.9. The highest BCUT2D eigenvalue weighted by Gasteiger charge is 2.16. The highest BCUT2D eigenvalue weighted by molar-refractivity contribution is 7.99. The minimum absolute atomic E-state index is 0.128. The third-order valence-electron chi connectivity index (χ3n) is 2.67. The van der Waals surface area contributed by atoms with E-state index < -0.39 is 0 Å². The van der Waals surface area contributed by atoms with E-state index in [-0.39, 0.29) is 5.97 Å². The van der Waals surface area contributed by atoms with Crippen LogP contribution in [0.2, 0.25) is 0 Å². The molecular formula is C12H14O2S. The Morgan fingerprint density at radius 1 is 1.47 bits per heavy atom. The van der Waals surface area contributed by atoms with Crippen LogP contribution in [0.4, 0.5) is 0 Å². The van der Waals surface area contributed by atoms with Gasteiger partial charge in [-0.25, -0.2) is 0 Å². The van der Waals surface area contributed by atoms with Crippen LogP contribution in [0.15, 0.2) is 23.1 Å². The zero-order valence-electron chi connectivity index (χ0n) is 8.79. The van der Waals surface area contributed by atoms with Gasteiger partial charge in [0.05, 0.1) is 13.5 Å². The number of methoxy groups -OCH3 is 1. The lowest BCUT2D eigenvalue weighted by atomic mass is 9.89. The minimum Gasteiger partial charge on any atom is -0.469 e. The van der Waals surface area contributed by atoms with Crippen LogP contribution >= 0.6 is 11.8 Å². The largest absolute Gasteiger partial charge is 0.469 e. The van der Waals surface area contributed by atoms with E-state index in [1.807, 2.05) is 0 Å². The SMILES string of the molecule is COC(=O)CCSc1cccc2c1CC2. The fourth-order valence-corrected chi connectivity index (χ4v) is 2.76. The first kappa shape index (κ1) is 10.6. The van der Waals surface area contributed by atoms with Gasteiger partial charge in [-0.1, -0.05) is 12.1 Å². The second kappa shape index (κ2) is 4.71. The summed E-state index contributed by atoms with van der Waals surface area (Å²) in [6.07, 6.45) is 2.89. The second-order valence-electron chi connectivity index (χ2n) is 3.57. The van der Waals surface area contributed by atoms with E-state index in [2.05, 4.69) is 22.9 Å². The Balaban J connectivity index is 1.89. The average Bonchev–Trinajstić information content (AvgIpc) is 2.20. The topological polar surface area (TPSA) is 26.3 Å². The Labute approximate surface area is 94.0 Å². The summed E-state index contributed by atoms with van der Waals surface area (Å²) in [6, 6.07) is 6.42. The normalized spacial score (nSPS) is 12.9. The molecule has 2 nitrogen and oxygen atoms in total. The molecule has 0 spiro atoms. The molecule has 15 heavy (non-hydrogen) atoms. The molecule has 1 aliphatic rings. The van der Waals surface area contributed by atoms with Crippen LogP contribution in [0.25, 0.3) is 0 Å². The molecular weight excluding hydrogens is 208 g/mol. The number of ether oxygens (including phenoxy) is 1. The fraction of sp³-hybridized carbons (Fsp3) is 0.417. The van der Waals surface area contributed by atoms with Gasteiger partial charge in [0.25, 0.3) is 0 Å². The van der Waals surface area contributed by atoms with Crippen LogP contribution in [0, 0.1) is 0 Å². The van der Waals surface area contributed by atoms with Crippen LogP contribution in [0.5, 0.6) is 0 Å². The van der Waals surface area contributed by atoms with Gasteiger partial charge < -0.3 is 4.74 Å². The molecule has 80 valence electrons. The van der Waals surface area contributed by atoms with Crippen molar-refractivity contribution in [3.8, 4) is 0 Å². The minimum atomic E-state index is -0.128. The molecule has 0 atom stereocenters. The Morgan fingerprint density at radius 2 is 2.33 bits per heavy atom. The number of aryl methyl sites for hydroxylation is 1. The van der Waals surface area contributed by atoms with Gasteiger partial charge in [-0.15, -0.1) is 11.8 Å². The lowest BCUT2D eigenvalue weighted by Gasteiger charge is -2.21. The van der Waals surface area contributed by atoms with Crippen molar-refractivity contribution >= 4 is 17.7 Å². The predicted molar refractivity (Wildman–Crippen MR) is 61.2 cm³/mol. The number of carbonyl (C=O) groups excluding carboxylic acids is 1. The molecule has 0 radical (unpaired) electrons. The van der Waals surface area contributed by atoms with Crippen molar-refractivity contribution in [2.75, 3.05) is 12.9 Å². The molecule has 3 heteroatoms. The van der Waals surface area contributed by atoms with Gasteiger partial charge in [0.1, 0.15) is 0 Å². The summed E-state index contributed by atoms with van der Waals surface area (Å²) in [5.74, 6) is 0.681. The van der Waals surface area contributed by atoms with Gasteiger partial charge in [-0.3, -0.25) is 4.79 Å². The van der Waals surface area contributed by atoms with E-state index in [0.717, 1.165) is 5.75 Å². The molecule has 1 aliphatic carbocycles. The van der Waals surface area contributed by atoms with Gasteiger partial charge in [0.2, 0.25) is 0 Å². The molecule has 0 bridgehead atoms. The van der Waals surface area contributed by atoms with E-state index in [4.69, 9.17) is 0 Å². The third-order valence-corrected chi connectivity index (χ3v) is 3.77. The number of rotatable bonds is 4. The van der Waals surface area contributed by atoms with Gasteiger partial charge in [-0.05, 0) is 30.0 Å². The van der Waals surface area contributed by atoms with Crippen LogP contribution in [-0.2, 0) is 22.4 Å². The molecule has 0 N–H and O–H groups in total. The molecule has 1 aromatic rings. The van der Waals surface area contributed by atoms with E-state index in [0.29, 0.717) is 6.42 Å². The summed E-state index contributed by atoms with van der Waals surface area (Å²) in [6.45, 7) is 0. The lowest BCUT2D eigenvalue weighted by Crippen LogP contribution is -2.09. The first-order valence-corrected chi connectivity index (χ1v) is 6.10. The zero-order valence-corrected chi connectivity index (χ0v) is 9.60. The zero-order chi connectivity index (χ0) is 10.7. The highest BCUT2D eigenvalue weighted by Crippen LogP contribution is 2.33. The smallest absolute Gasteiger partial charge is 0.306 e. The number of hydrogen-bond donors (Lipinski definition) is 0. The van der Waals surface area contributed by atoms with Crippen LogP contribution in [0.3, 0.4) is 0 Å². The second-order valence-corrected chi connectivity index (χ2v) is 4.71. The summed E-state index contributed by atoms with van der Waals surface area (Å²) in [4.78, 5) is 12.3. The van der Waals surface area contributed by atoms with Gasteiger partial charge >= 0.3 is 5.97 Å². The summed E-state index contributed by atoms with van der Waals surface area (Å²) in [5, 5.41) is 0. The molecule has 0 aliphatic heterocycles. The van der Waals surface area contributed by atoms with Gasteiger partial charge in [0.15, 0.2) is 0 Å². The summed E-state index contributed by atoms with van der Waals surface area (Å²) < 4.78 is 4.60. The molecule has 1 aromatic carbocycles. The van der Waals surface area contributed by atoms with Crippen molar-refractivity contribution in [1.82, 2.24) is 0 Å². The Bertz CT molecular complexity index is 374. The lowest BCUT2D eigenvalue weighted by molar-refractivity contribution is -0.140. The first-order chi connectivity index (χ1) is 7.31. The van der Waals surface area contributed by atoms with E-state index in [1.54, 1.807) is 11.8 Å². The summed E-state index contributed by atoms with van der Waals surface area (Å²) in [7, 11) is 1.43. The number of benzene rings is 1. The summed E-state index contributed by atoms with van der Waals surface area (Å²) >= 11 is 1.76. The van der Waals surface area contributed by atoms with Crippen molar-refractivity contribution in [2.45, 2.75) is 24.2 Å². The number of esters is 1.